The molecule has 0 aliphatic carbocycles. The zero-order chi connectivity index (χ0) is 9.52. The molecule has 68 valence electrons. The summed E-state index contributed by atoms with van der Waals surface area (Å²) in [6, 6.07) is 7.99. The van der Waals surface area contributed by atoms with Crippen LogP contribution in [-0.2, 0) is 0 Å². The topological polar surface area (TPSA) is 12.0 Å². The van der Waals surface area contributed by atoms with Crippen LogP contribution in [0.15, 0.2) is 24.3 Å². The van der Waals surface area contributed by atoms with Gasteiger partial charge in [0.25, 0.3) is 0 Å². The molecule has 1 aromatic rings. The van der Waals surface area contributed by atoms with Crippen molar-refractivity contribution in [3.63, 3.8) is 0 Å². The molecule has 0 bridgehead atoms. The number of nitrogens with one attached hydrogen (secondary N) is 1. The van der Waals surface area contributed by atoms with Crippen LogP contribution >= 0.6 is 11.6 Å². The number of rotatable bonds is 2. The van der Waals surface area contributed by atoms with Crippen molar-refractivity contribution in [2.75, 3.05) is 18.2 Å². The smallest absolute Gasteiger partial charge is 0.0350 e. The number of hydrogen-bond acceptors (Lipinski definition) is 1. The molecule has 0 aliphatic heterocycles. The molecule has 0 amide bonds. The predicted molar refractivity (Wildman–Crippen MR) is 58.2 cm³/mol. The maximum atomic E-state index is 5.51. The largest absolute Gasteiger partial charge is 0.388 e. The Morgan fingerprint density at radius 2 is 2.31 bits per heavy atom. The summed E-state index contributed by atoms with van der Waals surface area (Å²) in [6.45, 7) is 0. The van der Waals surface area contributed by atoms with E-state index in [1.807, 2.05) is 31.3 Å². The van der Waals surface area contributed by atoms with E-state index in [1.54, 1.807) is 0 Å². The van der Waals surface area contributed by atoms with Gasteiger partial charge in [-0.1, -0.05) is 17.9 Å². The number of benzene rings is 1. The van der Waals surface area contributed by atoms with Crippen LogP contribution in [0.4, 0.5) is 5.69 Å². The van der Waals surface area contributed by atoms with Crippen molar-refractivity contribution >= 4 is 17.3 Å². The second-order valence-electron chi connectivity index (χ2n) is 2.57. The van der Waals surface area contributed by atoms with E-state index in [1.165, 1.54) is 0 Å². The second kappa shape index (κ2) is 5.50. The summed E-state index contributed by atoms with van der Waals surface area (Å²) in [5.41, 5.74) is 2.11. The first-order valence-corrected chi connectivity index (χ1v) is 4.73. The molecule has 0 spiro atoms. The van der Waals surface area contributed by atoms with Crippen molar-refractivity contribution in [2.24, 2.45) is 0 Å². The first kappa shape index (κ1) is 9.95. The normalized spacial score (nSPS) is 8.77. The Morgan fingerprint density at radius 1 is 1.46 bits per heavy atom. The molecule has 13 heavy (non-hydrogen) atoms. The Labute approximate surface area is 84.1 Å². The SMILES string of the molecule is CNc1cccc(C#CCCCl)c1. The minimum Gasteiger partial charge on any atom is -0.388 e. The molecule has 0 heterocycles. The van der Waals surface area contributed by atoms with Crippen LogP contribution in [0.3, 0.4) is 0 Å². The lowest BCUT2D eigenvalue weighted by Crippen LogP contribution is -1.87. The van der Waals surface area contributed by atoms with Gasteiger partial charge < -0.3 is 5.32 Å². The van der Waals surface area contributed by atoms with Crippen molar-refractivity contribution in [1.29, 1.82) is 0 Å². The molecule has 0 unspecified atom stereocenters. The van der Waals surface area contributed by atoms with Crippen LogP contribution < -0.4 is 5.32 Å². The van der Waals surface area contributed by atoms with Gasteiger partial charge >= 0.3 is 0 Å². The van der Waals surface area contributed by atoms with Gasteiger partial charge in [0.1, 0.15) is 0 Å². The van der Waals surface area contributed by atoms with E-state index in [0.29, 0.717) is 5.88 Å². The number of alkyl halides is 1. The fraction of sp³-hybridized carbons (Fsp3) is 0.273. The molecule has 1 N–H and O–H groups in total. The highest BCUT2D eigenvalue weighted by Gasteiger charge is 1.88. The standard InChI is InChI=1S/C11H12ClN/c1-13-11-7-4-6-10(9-11)5-2-3-8-12/h4,6-7,9,13H,3,8H2,1H3. The highest BCUT2D eigenvalue weighted by atomic mass is 35.5. The van der Waals surface area contributed by atoms with E-state index in [4.69, 9.17) is 11.6 Å². The van der Waals surface area contributed by atoms with Gasteiger partial charge in [-0.2, -0.15) is 0 Å². The lowest BCUT2D eigenvalue weighted by molar-refractivity contribution is 1.29. The van der Waals surface area contributed by atoms with Gasteiger partial charge in [0.2, 0.25) is 0 Å². The minimum absolute atomic E-state index is 0.596. The lowest BCUT2D eigenvalue weighted by atomic mass is 10.2. The average molecular weight is 194 g/mol. The van der Waals surface area contributed by atoms with Crippen molar-refractivity contribution in [1.82, 2.24) is 0 Å². The van der Waals surface area contributed by atoms with Gasteiger partial charge in [-0.05, 0) is 18.2 Å². The zero-order valence-electron chi connectivity index (χ0n) is 7.60. The maximum absolute atomic E-state index is 5.51. The molecular formula is C11H12ClN. The van der Waals surface area contributed by atoms with Crippen LogP contribution in [0.25, 0.3) is 0 Å². The Hall–Kier alpha value is -1.13. The monoisotopic (exact) mass is 193 g/mol. The van der Waals surface area contributed by atoms with Crippen LogP contribution in [0.2, 0.25) is 0 Å². The summed E-state index contributed by atoms with van der Waals surface area (Å²) in [5.74, 6) is 6.63. The van der Waals surface area contributed by atoms with Crippen molar-refractivity contribution in [3.05, 3.63) is 29.8 Å². The van der Waals surface area contributed by atoms with Gasteiger partial charge in [-0.3, -0.25) is 0 Å². The summed E-state index contributed by atoms with van der Waals surface area (Å²) in [4.78, 5) is 0. The maximum Gasteiger partial charge on any atom is 0.0350 e. The average Bonchev–Trinajstić information content (AvgIpc) is 2.19. The third-order valence-corrected chi connectivity index (χ3v) is 1.79. The molecule has 0 fully saturated rings. The number of anilines is 1. The lowest BCUT2D eigenvalue weighted by Gasteiger charge is -1.98. The van der Waals surface area contributed by atoms with Crippen LogP contribution in [0.1, 0.15) is 12.0 Å². The Morgan fingerprint density at radius 3 is 3.00 bits per heavy atom. The molecule has 0 saturated carbocycles. The molecular weight excluding hydrogens is 182 g/mol. The van der Waals surface area contributed by atoms with E-state index in [2.05, 4.69) is 17.2 Å². The molecule has 0 aliphatic rings. The van der Waals surface area contributed by atoms with E-state index in [0.717, 1.165) is 17.7 Å². The van der Waals surface area contributed by atoms with E-state index in [9.17, 15) is 0 Å². The Balaban J connectivity index is 2.73. The first-order chi connectivity index (χ1) is 6.36. The molecule has 0 radical (unpaired) electrons. The summed E-state index contributed by atoms with van der Waals surface area (Å²) in [7, 11) is 1.89. The Kier molecular flexibility index (Phi) is 4.21. The third kappa shape index (κ3) is 3.40. The van der Waals surface area contributed by atoms with Crippen LogP contribution in [-0.4, -0.2) is 12.9 Å². The van der Waals surface area contributed by atoms with Crippen LogP contribution in [0.5, 0.6) is 0 Å². The summed E-state index contributed by atoms with van der Waals surface area (Å²) >= 11 is 5.51. The van der Waals surface area contributed by atoms with Gasteiger partial charge in [0.15, 0.2) is 0 Å². The molecule has 1 nitrogen and oxygen atoms in total. The van der Waals surface area contributed by atoms with E-state index < -0.39 is 0 Å². The highest BCUT2D eigenvalue weighted by molar-refractivity contribution is 6.18. The van der Waals surface area contributed by atoms with Gasteiger partial charge in [-0.25, -0.2) is 0 Å². The van der Waals surface area contributed by atoms with Gasteiger partial charge in [0, 0.05) is 30.6 Å². The summed E-state index contributed by atoms with van der Waals surface area (Å²) < 4.78 is 0. The Bertz CT molecular complexity index is 322. The number of hydrogen-bond donors (Lipinski definition) is 1. The molecule has 1 rings (SSSR count). The molecule has 2 heteroatoms. The fourth-order valence-corrected chi connectivity index (χ4v) is 1.06. The minimum atomic E-state index is 0.596. The van der Waals surface area contributed by atoms with Gasteiger partial charge in [0.05, 0.1) is 0 Å². The number of halogens is 1. The van der Waals surface area contributed by atoms with Crippen molar-refractivity contribution < 1.29 is 0 Å². The van der Waals surface area contributed by atoms with E-state index in [-0.39, 0.29) is 0 Å². The highest BCUT2D eigenvalue weighted by Crippen LogP contribution is 2.08. The zero-order valence-corrected chi connectivity index (χ0v) is 8.36. The first-order valence-electron chi connectivity index (χ1n) is 4.19. The summed E-state index contributed by atoms with van der Waals surface area (Å²) in [6.07, 6.45) is 0.741. The molecule has 1 aromatic carbocycles. The molecule has 0 atom stereocenters. The molecule has 0 saturated heterocycles. The third-order valence-electron chi connectivity index (χ3n) is 1.60. The second-order valence-corrected chi connectivity index (χ2v) is 2.95. The fourth-order valence-electron chi connectivity index (χ4n) is 0.964. The van der Waals surface area contributed by atoms with Crippen molar-refractivity contribution in [2.45, 2.75) is 6.42 Å². The predicted octanol–water partition coefficient (Wildman–Crippen LogP) is 2.71. The quantitative estimate of drug-likeness (QED) is 0.563. The molecule has 0 aromatic heterocycles. The summed E-state index contributed by atoms with van der Waals surface area (Å²) in [5, 5.41) is 3.06. The van der Waals surface area contributed by atoms with Crippen LogP contribution in [0, 0.1) is 11.8 Å². The van der Waals surface area contributed by atoms with Crippen molar-refractivity contribution in [3.8, 4) is 11.8 Å². The van der Waals surface area contributed by atoms with Gasteiger partial charge in [-0.15, -0.1) is 11.6 Å². The van der Waals surface area contributed by atoms with E-state index >= 15 is 0 Å².